The number of alkyl halides is 3. The quantitative estimate of drug-likeness (QED) is 0.387. The smallest absolute Gasteiger partial charge is 0.402 e. The summed E-state index contributed by atoms with van der Waals surface area (Å²) in [6, 6.07) is 4.06. The lowest BCUT2D eigenvalue weighted by Crippen LogP contribution is -2.40. The molecule has 1 aromatic carbocycles. The Morgan fingerprint density at radius 1 is 1.42 bits per heavy atom. The highest BCUT2D eigenvalue weighted by molar-refractivity contribution is 6.35. The summed E-state index contributed by atoms with van der Waals surface area (Å²) < 4.78 is 42.8. The van der Waals surface area contributed by atoms with E-state index in [1.807, 2.05) is 0 Å². The summed E-state index contributed by atoms with van der Waals surface area (Å²) >= 11 is 11.4. The first-order chi connectivity index (χ1) is 8.75. The Hall–Kier alpha value is -1.34. The largest absolute Gasteiger partial charge is 0.491 e. The Bertz CT molecular complexity index is 480. The van der Waals surface area contributed by atoms with Crippen molar-refractivity contribution in [3.05, 3.63) is 28.2 Å². The fourth-order valence-corrected chi connectivity index (χ4v) is 1.65. The van der Waals surface area contributed by atoms with Gasteiger partial charge in [-0.15, -0.1) is 0 Å². The molecule has 0 aliphatic rings. The van der Waals surface area contributed by atoms with E-state index in [0.717, 1.165) is 0 Å². The van der Waals surface area contributed by atoms with Gasteiger partial charge in [0.15, 0.2) is 5.84 Å². The van der Waals surface area contributed by atoms with Gasteiger partial charge < -0.3 is 15.7 Å². The molecule has 0 radical (unpaired) electrons. The normalized spacial score (nSPS) is 14.3. The predicted octanol–water partition coefficient (Wildman–Crippen LogP) is 3.30. The molecule has 9 heteroatoms. The molecule has 0 aromatic heterocycles. The summed E-state index contributed by atoms with van der Waals surface area (Å²) in [5, 5.41) is 11.0. The standard InChI is InChI=1S/C10H9Cl2F3N2O2/c11-5-1-2-8(7(12)3-5)19-4-6(9(16)17-18)10(13,14)15/h1-3,6,18H,4H2,(H2,16,17). The zero-order valence-corrected chi connectivity index (χ0v) is 10.8. The summed E-state index contributed by atoms with van der Waals surface area (Å²) in [6.45, 7) is -0.860. The van der Waals surface area contributed by atoms with E-state index in [1.54, 1.807) is 0 Å². The highest BCUT2D eigenvalue weighted by atomic mass is 35.5. The monoisotopic (exact) mass is 316 g/mol. The first-order valence-corrected chi connectivity index (χ1v) is 5.63. The maximum atomic E-state index is 12.6. The average Bonchev–Trinajstić information content (AvgIpc) is 2.29. The number of oxime groups is 1. The van der Waals surface area contributed by atoms with E-state index < -0.39 is 24.5 Å². The van der Waals surface area contributed by atoms with Gasteiger partial charge in [-0.1, -0.05) is 28.4 Å². The molecule has 0 fully saturated rings. The second-order valence-electron chi connectivity index (χ2n) is 3.50. The summed E-state index contributed by atoms with van der Waals surface area (Å²) in [7, 11) is 0. The third-order valence-electron chi connectivity index (χ3n) is 2.17. The minimum atomic E-state index is -4.70. The van der Waals surface area contributed by atoms with E-state index in [9.17, 15) is 13.2 Å². The fraction of sp³-hybridized carbons (Fsp3) is 0.300. The van der Waals surface area contributed by atoms with Crippen molar-refractivity contribution in [3.8, 4) is 5.75 Å². The van der Waals surface area contributed by atoms with Crippen molar-refractivity contribution in [2.45, 2.75) is 6.18 Å². The molecular weight excluding hydrogens is 308 g/mol. The van der Waals surface area contributed by atoms with Crippen molar-refractivity contribution in [2.24, 2.45) is 16.8 Å². The molecule has 106 valence electrons. The van der Waals surface area contributed by atoms with E-state index in [-0.39, 0.29) is 10.8 Å². The fourth-order valence-electron chi connectivity index (χ4n) is 1.18. The molecule has 19 heavy (non-hydrogen) atoms. The van der Waals surface area contributed by atoms with Crippen molar-refractivity contribution in [1.29, 1.82) is 0 Å². The molecule has 0 saturated heterocycles. The van der Waals surface area contributed by atoms with Crippen molar-refractivity contribution < 1.29 is 23.1 Å². The SMILES string of the molecule is N/C(=N/O)C(COc1ccc(Cl)cc1Cl)C(F)(F)F. The van der Waals surface area contributed by atoms with Gasteiger partial charge in [-0.3, -0.25) is 0 Å². The lowest BCUT2D eigenvalue weighted by Gasteiger charge is -2.19. The molecule has 0 amide bonds. The van der Waals surface area contributed by atoms with E-state index in [2.05, 4.69) is 5.16 Å². The van der Waals surface area contributed by atoms with Crippen LogP contribution in [0.15, 0.2) is 23.4 Å². The van der Waals surface area contributed by atoms with Crippen LogP contribution < -0.4 is 10.5 Å². The van der Waals surface area contributed by atoms with Crippen molar-refractivity contribution in [1.82, 2.24) is 0 Å². The van der Waals surface area contributed by atoms with Gasteiger partial charge in [-0.2, -0.15) is 13.2 Å². The van der Waals surface area contributed by atoms with Crippen LogP contribution in [0.1, 0.15) is 0 Å². The van der Waals surface area contributed by atoms with Crippen LogP contribution in [-0.2, 0) is 0 Å². The lowest BCUT2D eigenvalue weighted by molar-refractivity contribution is -0.162. The highest BCUT2D eigenvalue weighted by Gasteiger charge is 2.43. The van der Waals surface area contributed by atoms with Gasteiger partial charge in [0.05, 0.1) is 5.02 Å². The van der Waals surface area contributed by atoms with Crippen LogP contribution in [0.5, 0.6) is 5.75 Å². The Kier molecular flexibility index (Phi) is 5.13. The van der Waals surface area contributed by atoms with Crippen LogP contribution in [0, 0.1) is 5.92 Å². The summed E-state index contributed by atoms with van der Waals surface area (Å²) in [4.78, 5) is 0. The van der Waals surface area contributed by atoms with Crippen molar-refractivity contribution >= 4 is 29.0 Å². The molecular formula is C10H9Cl2F3N2O2. The molecule has 4 nitrogen and oxygen atoms in total. The second kappa shape index (κ2) is 6.21. The molecule has 0 spiro atoms. The molecule has 1 aromatic rings. The number of nitrogens with two attached hydrogens (primary N) is 1. The zero-order chi connectivity index (χ0) is 14.6. The molecule has 3 N–H and O–H groups in total. The minimum Gasteiger partial charge on any atom is -0.491 e. The number of amidine groups is 1. The number of ether oxygens (including phenoxy) is 1. The van der Waals surface area contributed by atoms with E-state index in [1.165, 1.54) is 18.2 Å². The van der Waals surface area contributed by atoms with E-state index in [4.69, 9.17) is 38.9 Å². The first-order valence-electron chi connectivity index (χ1n) is 4.87. The predicted molar refractivity (Wildman–Crippen MR) is 64.9 cm³/mol. The Balaban J connectivity index is 2.82. The van der Waals surface area contributed by atoms with Crippen LogP contribution in [-0.4, -0.2) is 23.8 Å². The van der Waals surface area contributed by atoms with Gasteiger partial charge >= 0.3 is 6.18 Å². The number of benzene rings is 1. The second-order valence-corrected chi connectivity index (χ2v) is 4.35. The highest BCUT2D eigenvalue weighted by Crippen LogP contribution is 2.31. The third kappa shape index (κ3) is 4.36. The van der Waals surface area contributed by atoms with Gasteiger partial charge in [0.2, 0.25) is 0 Å². The number of hydrogen-bond donors (Lipinski definition) is 2. The van der Waals surface area contributed by atoms with E-state index >= 15 is 0 Å². The van der Waals surface area contributed by atoms with Crippen LogP contribution in [0.25, 0.3) is 0 Å². The van der Waals surface area contributed by atoms with Gasteiger partial charge in [0, 0.05) is 5.02 Å². The molecule has 0 aliphatic carbocycles. The van der Waals surface area contributed by atoms with E-state index in [0.29, 0.717) is 5.02 Å². The topological polar surface area (TPSA) is 67.8 Å². The summed E-state index contributed by atoms with van der Waals surface area (Å²) in [6.07, 6.45) is -4.70. The number of rotatable bonds is 4. The van der Waals surface area contributed by atoms with Crippen LogP contribution in [0.2, 0.25) is 10.0 Å². The average molecular weight is 317 g/mol. The van der Waals surface area contributed by atoms with Gasteiger partial charge in [0.25, 0.3) is 0 Å². The molecule has 0 aliphatic heterocycles. The lowest BCUT2D eigenvalue weighted by atomic mass is 10.1. The minimum absolute atomic E-state index is 0.0195. The molecule has 1 unspecified atom stereocenters. The van der Waals surface area contributed by atoms with Crippen molar-refractivity contribution in [2.75, 3.05) is 6.61 Å². The van der Waals surface area contributed by atoms with Crippen LogP contribution >= 0.6 is 23.2 Å². The molecule has 0 bridgehead atoms. The summed E-state index contributed by atoms with van der Waals surface area (Å²) in [5.74, 6) is -3.20. The molecule has 1 atom stereocenters. The number of halogens is 5. The first kappa shape index (κ1) is 15.7. The van der Waals surface area contributed by atoms with Gasteiger partial charge in [-0.25, -0.2) is 0 Å². The number of nitrogens with zero attached hydrogens (tertiary/aromatic N) is 1. The number of hydrogen-bond acceptors (Lipinski definition) is 3. The maximum Gasteiger partial charge on any atom is 0.402 e. The van der Waals surface area contributed by atoms with Crippen LogP contribution in [0.3, 0.4) is 0 Å². The van der Waals surface area contributed by atoms with Gasteiger partial charge in [0.1, 0.15) is 18.3 Å². The molecule has 0 saturated carbocycles. The molecule has 0 heterocycles. The Morgan fingerprint density at radius 2 is 2.05 bits per heavy atom. The zero-order valence-electron chi connectivity index (χ0n) is 9.29. The maximum absolute atomic E-state index is 12.6. The Morgan fingerprint density at radius 3 is 2.53 bits per heavy atom. The van der Waals surface area contributed by atoms with Gasteiger partial charge in [-0.05, 0) is 18.2 Å². The summed E-state index contributed by atoms with van der Waals surface area (Å²) in [5.41, 5.74) is 4.98. The van der Waals surface area contributed by atoms with Crippen LogP contribution in [0.4, 0.5) is 13.2 Å². The Labute approximate surface area is 116 Å². The van der Waals surface area contributed by atoms with Crippen molar-refractivity contribution in [3.63, 3.8) is 0 Å². The molecule has 1 rings (SSSR count). The third-order valence-corrected chi connectivity index (χ3v) is 2.70.